The van der Waals surface area contributed by atoms with Crippen molar-refractivity contribution in [2.24, 2.45) is 5.92 Å². The molecular formula is C31H33ClFNO5S. The van der Waals surface area contributed by atoms with Crippen molar-refractivity contribution in [2.45, 2.75) is 44.2 Å². The summed E-state index contributed by atoms with van der Waals surface area (Å²) in [5.74, 6) is 0.485. The number of halogens is 2. The lowest BCUT2D eigenvalue weighted by Gasteiger charge is -2.31. The molecule has 0 spiro atoms. The number of allylic oxidation sites excluding steroid dienone is 1. The summed E-state index contributed by atoms with van der Waals surface area (Å²) in [6.45, 7) is 9.07. The van der Waals surface area contributed by atoms with E-state index in [1.807, 2.05) is 31.2 Å². The Morgan fingerprint density at radius 1 is 1.18 bits per heavy atom. The fraction of sp³-hybridized carbons (Fsp3) is 0.355. The van der Waals surface area contributed by atoms with Gasteiger partial charge in [-0.1, -0.05) is 36.7 Å². The van der Waals surface area contributed by atoms with E-state index in [9.17, 15) is 17.9 Å². The number of hydrogen-bond donors (Lipinski definition) is 1. The lowest BCUT2D eigenvalue weighted by molar-refractivity contribution is 0.169. The first-order valence-electron chi connectivity index (χ1n) is 13.3. The molecule has 40 heavy (non-hydrogen) atoms. The van der Waals surface area contributed by atoms with Crippen molar-refractivity contribution in [3.05, 3.63) is 82.1 Å². The van der Waals surface area contributed by atoms with Crippen molar-refractivity contribution in [2.75, 3.05) is 26.0 Å². The fourth-order valence-corrected chi connectivity index (χ4v) is 6.79. The number of rotatable bonds is 7. The molecule has 9 heteroatoms. The predicted octanol–water partition coefficient (Wildman–Crippen LogP) is 6.76. The monoisotopic (exact) mass is 585 g/mol. The van der Waals surface area contributed by atoms with Crippen LogP contribution in [-0.4, -0.2) is 50.4 Å². The first-order chi connectivity index (χ1) is 18.9. The number of benzene rings is 3. The number of phenolic OH excluding ortho intramolecular Hbond substituents is 1. The molecule has 0 aromatic heterocycles. The average Bonchev–Trinajstić information content (AvgIpc) is 3.34. The Morgan fingerprint density at radius 3 is 2.52 bits per heavy atom. The number of aromatic hydroxyl groups is 1. The molecule has 2 aliphatic heterocycles. The van der Waals surface area contributed by atoms with Crippen LogP contribution in [0.25, 0.3) is 11.1 Å². The van der Waals surface area contributed by atoms with Crippen molar-refractivity contribution in [3.8, 4) is 17.2 Å². The summed E-state index contributed by atoms with van der Waals surface area (Å²) in [5.41, 5.74) is 3.47. The van der Waals surface area contributed by atoms with Crippen LogP contribution >= 0.6 is 11.6 Å². The lowest BCUT2D eigenvalue weighted by atomic mass is 9.86. The average molecular weight is 586 g/mol. The summed E-state index contributed by atoms with van der Waals surface area (Å²) in [4.78, 5) is 2.48. The zero-order valence-electron chi connectivity index (χ0n) is 22.9. The molecular weight excluding hydrogens is 553 g/mol. The minimum absolute atomic E-state index is 0.0312. The van der Waals surface area contributed by atoms with Gasteiger partial charge in [-0.25, -0.2) is 12.8 Å². The number of fused-ring (bicyclic) bond motifs is 1. The van der Waals surface area contributed by atoms with Crippen molar-refractivity contribution in [3.63, 3.8) is 0 Å². The third-order valence-corrected chi connectivity index (χ3v) is 9.34. The molecule has 1 fully saturated rings. The lowest BCUT2D eigenvalue weighted by Crippen LogP contribution is -2.35. The van der Waals surface area contributed by atoms with E-state index in [0.717, 1.165) is 41.8 Å². The van der Waals surface area contributed by atoms with Crippen molar-refractivity contribution >= 4 is 32.6 Å². The summed E-state index contributed by atoms with van der Waals surface area (Å²) < 4.78 is 51.0. The quantitative estimate of drug-likeness (QED) is 0.330. The molecule has 3 unspecified atom stereocenters. The molecule has 3 atom stereocenters. The summed E-state index contributed by atoms with van der Waals surface area (Å²) in [6.07, 6.45) is 1.68. The molecule has 0 aliphatic carbocycles. The third-order valence-electron chi connectivity index (χ3n) is 7.76. The van der Waals surface area contributed by atoms with Gasteiger partial charge in [-0.2, -0.15) is 0 Å². The molecule has 0 radical (unpaired) electrons. The van der Waals surface area contributed by atoms with E-state index in [2.05, 4.69) is 18.7 Å². The Kier molecular flexibility index (Phi) is 7.88. The first-order valence-corrected chi connectivity index (χ1v) is 15.6. The third kappa shape index (κ3) is 5.71. The minimum Gasteiger partial charge on any atom is -0.505 e. The topological polar surface area (TPSA) is 76.1 Å². The number of hydrogen-bond acceptors (Lipinski definition) is 6. The van der Waals surface area contributed by atoms with Gasteiger partial charge < -0.3 is 14.6 Å². The van der Waals surface area contributed by atoms with E-state index in [-0.39, 0.29) is 9.92 Å². The van der Waals surface area contributed by atoms with Gasteiger partial charge in [0.2, 0.25) is 0 Å². The van der Waals surface area contributed by atoms with Crippen molar-refractivity contribution in [1.29, 1.82) is 0 Å². The number of nitrogens with zero attached hydrogens (tertiary/aromatic N) is 1. The Labute approximate surface area is 239 Å². The van der Waals surface area contributed by atoms with Crippen LogP contribution in [-0.2, 0) is 9.84 Å². The second-order valence-corrected chi connectivity index (χ2v) is 13.3. The summed E-state index contributed by atoms with van der Waals surface area (Å²) in [5, 5.41) is 10.1. The molecule has 1 N–H and O–H groups in total. The van der Waals surface area contributed by atoms with Gasteiger partial charge in [0.05, 0.1) is 9.92 Å². The zero-order chi connectivity index (χ0) is 28.8. The Hall–Kier alpha value is -3.07. The highest BCUT2D eigenvalue weighted by molar-refractivity contribution is 7.90. The number of ether oxygens (including phenoxy) is 2. The van der Waals surface area contributed by atoms with Gasteiger partial charge in [-0.15, -0.1) is 0 Å². The molecule has 3 aromatic rings. The highest BCUT2D eigenvalue weighted by atomic mass is 35.5. The van der Waals surface area contributed by atoms with Crippen LogP contribution < -0.4 is 9.47 Å². The molecule has 212 valence electrons. The predicted molar refractivity (Wildman–Crippen MR) is 155 cm³/mol. The smallest absolute Gasteiger partial charge is 0.176 e. The van der Waals surface area contributed by atoms with Crippen LogP contribution in [0.2, 0.25) is 5.02 Å². The molecule has 3 aromatic carbocycles. The maximum Gasteiger partial charge on any atom is 0.176 e. The van der Waals surface area contributed by atoms with E-state index in [1.54, 1.807) is 12.1 Å². The van der Waals surface area contributed by atoms with E-state index in [1.165, 1.54) is 24.6 Å². The Morgan fingerprint density at radius 2 is 1.90 bits per heavy atom. The molecule has 0 amide bonds. The first kappa shape index (κ1) is 28.5. The molecule has 5 rings (SSSR count). The van der Waals surface area contributed by atoms with E-state index >= 15 is 0 Å². The van der Waals surface area contributed by atoms with Gasteiger partial charge in [0.1, 0.15) is 24.2 Å². The second kappa shape index (κ2) is 11.1. The van der Waals surface area contributed by atoms with Gasteiger partial charge in [0.25, 0.3) is 0 Å². The second-order valence-electron chi connectivity index (χ2n) is 10.9. The fourth-order valence-electron chi connectivity index (χ4n) is 5.46. The van der Waals surface area contributed by atoms with Gasteiger partial charge in [-0.05, 0) is 79.8 Å². The molecule has 0 saturated carbocycles. The summed E-state index contributed by atoms with van der Waals surface area (Å²) >= 11 is 6.40. The minimum atomic E-state index is -3.51. The molecule has 1 saturated heterocycles. The highest BCUT2D eigenvalue weighted by Crippen LogP contribution is 2.48. The number of phenols is 1. The SMILES string of the molecule is CC1=C(c2ccc(S(C)(=O)=O)c(Cl)c2)C(c2ccc(OCC(C)N3CCC(C)C3)cc2)Oc2cc(F)c(O)cc21. The standard InChI is InChI=1S/C31H33ClFNO5S/c1-18-11-12-34(16-18)19(2)17-38-23-8-5-21(6-9-23)31-30(22-7-10-29(25(32)13-22)40(4,36)37)20(3)24-14-27(35)26(33)15-28(24)39-31/h5-10,13-15,18-19,31,35H,11-12,16-17H2,1-4H3. The molecule has 2 aliphatic rings. The summed E-state index contributed by atoms with van der Waals surface area (Å²) in [6, 6.07) is 15.2. The highest BCUT2D eigenvalue weighted by Gasteiger charge is 2.31. The number of likely N-dealkylation sites (tertiary alicyclic amines) is 1. The van der Waals surface area contributed by atoms with Crippen molar-refractivity contribution in [1.82, 2.24) is 4.90 Å². The van der Waals surface area contributed by atoms with Crippen LogP contribution in [0.5, 0.6) is 17.2 Å². The van der Waals surface area contributed by atoms with Crippen LogP contribution in [0.1, 0.15) is 50.0 Å². The maximum absolute atomic E-state index is 14.3. The normalized spacial score (nSPS) is 20.2. The van der Waals surface area contributed by atoms with E-state index in [4.69, 9.17) is 21.1 Å². The van der Waals surface area contributed by atoms with Gasteiger partial charge in [0.15, 0.2) is 21.4 Å². The Bertz CT molecular complexity index is 1570. The van der Waals surface area contributed by atoms with Crippen LogP contribution in [0.4, 0.5) is 4.39 Å². The van der Waals surface area contributed by atoms with Gasteiger partial charge in [0, 0.05) is 36.0 Å². The van der Waals surface area contributed by atoms with Crippen LogP contribution in [0.15, 0.2) is 59.5 Å². The molecule has 6 nitrogen and oxygen atoms in total. The maximum atomic E-state index is 14.3. The zero-order valence-corrected chi connectivity index (χ0v) is 24.5. The van der Waals surface area contributed by atoms with E-state index in [0.29, 0.717) is 35.4 Å². The van der Waals surface area contributed by atoms with Crippen molar-refractivity contribution < 1.29 is 27.4 Å². The number of sulfone groups is 1. The largest absolute Gasteiger partial charge is 0.505 e. The Balaban J connectivity index is 1.48. The molecule has 2 heterocycles. The van der Waals surface area contributed by atoms with Gasteiger partial charge >= 0.3 is 0 Å². The van der Waals surface area contributed by atoms with Gasteiger partial charge in [-0.3, -0.25) is 4.90 Å². The van der Waals surface area contributed by atoms with E-state index < -0.39 is 27.5 Å². The summed E-state index contributed by atoms with van der Waals surface area (Å²) in [7, 11) is -3.51. The van der Waals surface area contributed by atoms with Crippen LogP contribution in [0, 0.1) is 11.7 Å². The molecule has 0 bridgehead atoms. The van der Waals surface area contributed by atoms with Crippen LogP contribution in [0.3, 0.4) is 0 Å².